The molecule has 0 aromatic carbocycles. The maximum Gasteiger partial charge on any atom is 0.255 e. The van der Waals surface area contributed by atoms with Crippen molar-refractivity contribution in [3.63, 3.8) is 0 Å². The van der Waals surface area contributed by atoms with Crippen molar-refractivity contribution in [1.82, 2.24) is 15.6 Å². The van der Waals surface area contributed by atoms with Crippen molar-refractivity contribution in [2.45, 2.75) is 13.3 Å². The summed E-state index contributed by atoms with van der Waals surface area (Å²) in [7, 11) is 0. The maximum atomic E-state index is 11.6. The molecule has 0 saturated heterocycles. The average Bonchev–Trinajstić information content (AvgIpc) is 2.34. The fourth-order valence-corrected chi connectivity index (χ4v) is 1.19. The normalized spacial score (nSPS) is 9.71. The summed E-state index contributed by atoms with van der Waals surface area (Å²) in [6.45, 7) is 2.49. The molecule has 6 heteroatoms. The van der Waals surface area contributed by atoms with Crippen LogP contribution in [-0.2, 0) is 4.79 Å². The Morgan fingerprint density at radius 1 is 1.41 bits per heavy atom. The molecule has 0 bridgehead atoms. The van der Waals surface area contributed by atoms with E-state index < -0.39 is 5.91 Å². The molecule has 0 fully saturated rings. The standard InChI is InChI=1S/C11H16N4O2/c1-2-5-13-9(16)7-15-11(17)8-4-3-6-14-10(8)12/h3-4,6H,2,5,7H2,1H3,(H2,12,14)(H,13,16)(H,15,17). The summed E-state index contributed by atoms with van der Waals surface area (Å²) >= 11 is 0. The van der Waals surface area contributed by atoms with Gasteiger partial charge >= 0.3 is 0 Å². The minimum atomic E-state index is -0.401. The number of hydrogen-bond acceptors (Lipinski definition) is 4. The van der Waals surface area contributed by atoms with E-state index in [2.05, 4.69) is 15.6 Å². The zero-order valence-corrected chi connectivity index (χ0v) is 9.69. The molecule has 0 aliphatic carbocycles. The van der Waals surface area contributed by atoms with Gasteiger partial charge < -0.3 is 16.4 Å². The molecule has 0 saturated carbocycles. The second-order valence-corrected chi connectivity index (χ2v) is 3.47. The molecule has 0 unspecified atom stereocenters. The van der Waals surface area contributed by atoms with Gasteiger partial charge in [0, 0.05) is 12.7 Å². The summed E-state index contributed by atoms with van der Waals surface area (Å²) < 4.78 is 0. The minimum Gasteiger partial charge on any atom is -0.383 e. The number of nitrogens with two attached hydrogens (primary N) is 1. The van der Waals surface area contributed by atoms with Crippen LogP contribution in [0.3, 0.4) is 0 Å². The molecule has 0 spiro atoms. The van der Waals surface area contributed by atoms with Gasteiger partial charge in [-0.2, -0.15) is 0 Å². The molecular weight excluding hydrogens is 220 g/mol. The van der Waals surface area contributed by atoms with E-state index in [9.17, 15) is 9.59 Å². The molecule has 1 heterocycles. The fraction of sp³-hybridized carbons (Fsp3) is 0.364. The second-order valence-electron chi connectivity index (χ2n) is 3.47. The average molecular weight is 236 g/mol. The monoisotopic (exact) mass is 236 g/mol. The smallest absolute Gasteiger partial charge is 0.255 e. The summed E-state index contributed by atoms with van der Waals surface area (Å²) in [5, 5.41) is 5.13. The molecule has 0 aliphatic rings. The number of nitrogens with zero attached hydrogens (tertiary/aromatic N) is 1. The summed E-state index contributed by atoms with van der Waals surface area (Å²) in [5.41, 5.74) is 5.81. The lowest BCUT2D eigenvalue weighted by Gasteiger charge is -2.06. The Bertz CT molecular complexity index is 406. The molecule has 0 atom stereocenters. The summed E-state index contributed by atoms with van der Waals surface area (Å²) in [5.74, 6) is -0.469. The molecule has 1 aromatic rings. The van der Waals surface area contributed by atoms with Crippen LogP contribution in [0, 0.1) is 0 Å². The maximum absolute atomic E-state index is 11.6. The minimum absolute atomic E-state index is 0.0623. The number of carbonyl (C=O) groups is 2. The molecular formula is C11H16N4O2. The Morgan fingerprint density at radius 3 is 2.82 bits per heavy atom. The first-order valence-corrected chi connectivity index (χ1v) is 5.40. The third-order valence-corrected chi connectivity index (χ3v) is 2.06. The van der Waals surface area contributed by atoms with E-state index in [0.717, 1.165) is 6.42 Å². The van der Waals surface area contributed by atoms with Crippen LogP contribution in [0.15, 0.2) is 18.3 Å². The van der Waals surface area contributed by atoms with Gasteiger partial charge in [-0.3, -0.25) is 9.59 Å². The number of pyridine rings is 1. The van der Waals surface area contributed by atoms with Crippen LogP contribution in [0.1, 0.15) is 23.7 Å². The van der Waals surface area contributed by atoms with Crippen LogP contribution in [0.2, 0.25) is 0 Å². The zero-order chi connectivity index (χ0) is 12.7. The number of nitrogen functional groups attached to an aromatic ring is 1. The Labute approximate surface area is 99.6 Å². The van der Waals surface area contributed by atoms with E-state index in [0.29, 0.717) is 6.54 Å². The van der Waals surface area contributed by atoms with E-state index in [1.54, 1.807) is 12.1 Å². The fourth-order valence-electron chi connectivity index (χ4n) is 1.19. The van der Waals surface area contributed by atoms with Gasteiger partial charge in [0.05, 0.1) is 12.1 Å². The number of amides is 2. The van der Waals surface area contributed by atoms with Crippen molar-refractivity contribution in [3.8, 4) is 0 Å². The van der Waals surface area contributed by atoms with Crippen molar-refractivity contribution in [2.75, 3.05) is 18.8 Å². The zero-order valence-electron chi connectivity index (χ0n) is 9.69. The van der Waals surface area contributed by atoms with Gasteiger partial charge in [-0.05, 0) is 18.6 Å². The van der Waals surface area contributed by atoms with Gasteiger partial charge in [0.15, 0.2) is 0 Å². The van der Waals surface area contributed by atoms with Gasteiger partial charge in [0.2, 0.25) is 5.91 Å². The predicted octanol–water partition coefficient (Wildman–Crippen LogP) is -0.0802. The third-order valence-electron chi connectivity index (χ3n) is 2.06. The van der Waals surface area contributed by atoms with Gasteiger partial charge in [0.1, 0.15) is 5.82 Å². The molecule has 4 N–H and O–H groups in total. The second kappa shape index (κ2) is 6.47. The number of aromatic nitrogens is 1. The van der Waals surface area contributed by atoms with E-state index in [-0.39, 0.29) is 23.8 Å². The lowest BCUT2D eigenvalue weighted by molar-refractivity contribution is -0.120. The highest BCUT2D eigenvalue weighted by Gasteiger charge is 2.10. The number of anilines is 1. The number of rotatable bonds is 5. The summed E-state index contributed by atoms with van der Waals surface area (Å²) in [6, 6.07) is 3.17. The van der Waals surface area contributed by atoms with Gasteiger partial charge in [-0.25, -0.2) is 4.98 Å². The highest BCUT2D eigenvalue weighted by atomic mass is 16.2. The van der Waals surface area contributed by atoms with Crippen molar-refractivity contribution < 1.29 is 9.59 Å². The molecule has 0 radical (unpaired) electrons. The van der Waals surface area contributed by atoms with Crippen LogP contribution < -0.4 is 16.4 Å². The van der Waals surface area contributed by atoms with Gasteiger partial charge in [-0.15, -0.1) is 0 Å². The van der Waals surface area contributed by atoms with Crippen LogP contribution in [-0.4, -0.2) is 29.9 Å². The van der Waals surface area contributed by atoms with Crippen molar-refractivity contribution >= 4 is 17.6 Å². The lowest BCUT2D eigenvalue weighted by atomic mass is 10.2. The molecule has 1 rings (SSSR count). The number of nitrogens with one attached hydrogen (secondary N) is 2. The van der Waals surface area contributed by atoms with Crippen molar-refractivity contribution in [2.24, 2.45) is 0 Å². The first-order valence-electron chi connectivity index (χ1n) is 5.40. The third kappa shape index (κ3) is 4.10. The molecule has 0 aliphatic heterocycles. The molecule has 1 aromatic heterocycles. The van der Waals surface area contributed by atoms with Crippen LogP contribution in [0.4, 0.5) is 5.82 Å². The molecule has 92 valence electrons. The Balaban J connectivity index is 2.45. The quantitative estimate of drug-likeness (QED) is 0.666. The van der Waals surface area contributed by atoms with Crippen LogP contribution in [0.5, 0.6) is 0 Å². The van der Waals surface area contributed by atoms with Crippen LogP contribution in [0.25, 0.3) is 0 Å². The number of carbonyl (C=O) groups excluding carboxylic acids is 2. The van der Waals surface area contributed by atoms with E-state index >= 15 is 0 Å². The van der Waals surface area contributed by atoms with E-state index in [4.69, 9.17) is 5.73 Å². The Morgan fingerprint density at radius 2 is 2.18 bits per heavy atom. The SMILES string of the molecule is CCCNC(=O)CNC(=O)c1cccnc1N. The Hall–Kier alpha value is -2.11. The topological polar surface area (TPSA) is 97.1 Å². The molecule has 6 nitrogen and oxygen atoms in total. The Kier molecular flexibility index (Phi) is 4.93. The predicted molar refractivity (Wildman–Crippen MR) is 64.3 cm³/mol. The molecule has 2 amide bonds. The van der Waals surface area contributed by atoms with Crippen LogP contribution >= 0.6 is 0 Å². The van der Waals surface area contributed by atoms with Crippen molar-refractivity contribution in [3.05, 3.63) is 23.9 Å². The van der Waals surface area contributed by atoms with E-state index in [1.807, 2.05) is 6.92 Å². The number of hydrogen-bond donors (Lipinski definition) is 3. The largest absolute Gasteiger partial charge is 0.383 e. The van der Waals surface area contributed by atoms with Gasteiger partial charge in [-0.1, -0.05) is 6.92 Å². The van der Waals surface area contributed by atoms with E-state index in [1.165, 1.54) is 6.20 Å². The lowest BCUT2D eigenvalue weighted by Crippen LogP contribution is -2.37. The summed E-state index contributed by atoms with van der Waals surface area (Å²) in [6.07, 6.45) is 2.36. The first kappa shape index (κ1) is 13.0. The first-order chi connectivity index (χ1) is 8.15. The molecule has 17 heavy (non-hydrogen) atoms. The highest BCUT2D eigenvalue weighted by Crippen LogP contribution is 2.05. The highest BCUT2D eigenvalue weighted by molar-refractivity contribution is 5.99. The summed E-state index contributed by atoms with van der Waals surface area (Å²) in [4.78, 5) is 26.7. The van der Waals surface area contributed by atoms with Gasteiger partial charge in [0.25, 0.3) is 5.91 Å². The van der Waals surface area contributed by atoms with Crippen molar-refractivity contribution in [1.29, 1.82) is 0 Å².